The molecule has 4 nitrogen and oxygen atoms in total. The molecule has 1 aliphatic heterocycles. The molecule has 0 radical (unpaired) electrons. The second kappa shape index (κ2) is 9.63. The van der Waals surface area contributed by atoms with Crippen LogP contribution in [0.4, 0.5) is 9.18 Å². The van der Waals surface area contributed by atoms with Crippen molar-refractivity contribution < 1.29 is 19.0 Å². The van der Waals surface area contributed by atoms with Crippen molar-refractivity contribution in [2.75, 3.05) is 19.7 Å². The zero-order chi connectivity index (χ0) is 20.9. The molecule has 1 amide bonds. The number of benzene rings is 2. The highest BCUT2D eigenvalue weighted by Gasteiger charge is 2.37. The normalized spacial score (nSPS) is 15.9. The molecule has 1 fully saturated rings. The van der Waals surface area contributed by atoms with Gasteiger partial charge in [-0.3, -0.25) is 0 Å². The first-order valence-corrected chi connectivity index (χ1v) is 10.9. The third kappa shape index (κ3) is 5.52. The van der Waals surface area contributed by atoms with Gasteiger partial charge in [-0.15, -0.1) is 0 Å². The molecule has 0 unspecified atom stereocenters. The van der Waals surface area contributed by atoms with Crippen LogP contribution in [-0.2, 0) is 10.3 Å². The van der Waals surface area contributed by atoms with Crippen molar-refractivity contribution in [2.24, 2.45) is 0 Å². The Labute approximate surface area is 176 Å². The summed E-state index contributed by atoms with van der Waals surface area (Å²) in [7, 11) is 0. The van der Waals surface area contributed by atoms with Gasteiger partial charge in [0.15, 0.2) is 0 Å². The summed E-state index contributed by atoms with van der Waals surface area (Å²) in [5.41, 5.74) is 0.586. The number of piperidine rings is 1. The molecule has 0 aromatic heterocycles. The van der Waals surface area contributed by atoms with Gasteiger partial charge >= 0.3 is 6.09 Å². The molecule has 156 valence electrons. The van der Waals surface area contributed by atoms with Gasteiger partial charge in [0.2, 0.25) is 0 Å². The van der Waals surface area contributed by atoms with Crippen LogP contribution in [0, 0.1) is 12.7 Å². The fourth-order valence-corrected chi connectivity index (χ4v) is 4.43. The Kier molecular flexibility index (Phi) is 7.19. The van der Waals surface area contributed by atoms with Crippen molar-refractivity contribution in [1.82, 2.24) is 4.90 Å². The fraction of sp³-hybridized carbons (Fsp3) is 0.435. The number of likely N-dealkylation sites (tertiary alicyclic amines) is 1. The molecule has 1 heterocycles. The lowest BCUT2D eigenvalue weighted by atomic mass is 9.84. The van der Waals surface area contributed by atoms with Crippen molar-refractivity contribution in [2.45, 2.75) is 54.9 Å². The first-order valence-electron chi connectivity index (χ1n) is 10.1. The Morgan fingerprint density at radius 2 is 1.90 bits per heavy atom. The standard InChI is InChI=1S/C23H28FNO3S/c1-3-4-15-28-22(26)25-13-11-23(27,12-14-25)20-16-18(24)7-10-21(20)29-19-8-5-17(2)6-9-19/h5-10,16,27H,3-4,11-15H2,1-2H3. The topological polar surface area (TPSA) is 49.8 Å². The quantitative estimate of drug-likeness (QED) is 0.630. The molecule has 0 saturated carbocycles. The molecular formula is C23H28FNO3S. The molecule has 0 aliphatic carbocycles. The minimum absolute atomic E-state index is 0.339. The highest BCUT2D eigenvalue weighted by atomic mass is 32.2. The van der Waals surface area contributed by atoms with Gasteiger partial charge < -0.3 is 14.7 Å². The first kappa shape index (κ1) is 21.7. The largest absolute Gasteiger partial charge is 0.449 e. The molecule has 0 bridgehead atoms. The molecular weight excluding hydrogens is 389 g/mol. The maximum atomic E-state index is 14.0. The monoisotopic (exact) mass is 417 g/mol. The molecule has 0 atom stereocenters. The second-order valence-corrected chi connectivity index (χ2v) is 8.66. The average molecular weight is 418 g/mol. The van der Waals surface area contributed by atoms with Crippen LogP contribution in [0.1, 0.15) is 43.7 Å². The maximum Gasteiger partial charge on any atom is 0.409 e. The number of halogens is 1. The summed E-state index contributed by atoms with van der Waals surface area (Å²) in [5, 5.41) is 11.3. The number of amides is 1. The van der Waals surface area contributed by atoms with Gasteiger partial charge in [0, 0.05) is 28.4 Å². The van der Waals surface area contributed by atoms with Gasteiger partial charge in [-0.25, -0.2) is 9.18 Å². The lowest BCUT2D eigenvalue weighted by Crippen LogP contribution is -2.45. The number of ether oxygens (including phenoxy) is 1. The van der Waals surface area contributed by atoms with E-state index in [0.29, 0.717) is 38.1 Å². The minimum Gasteiger partial charge on any atom is -0.449 e. The van der Waals surface area contributed by atoms with Crippen LogP contribution in [-0.4, -0.2) is 35.8 Å². The lowest BCUT2D eigenvalue weighted by Gasteiger charge is -2.38. The molecule has 2 aromatic carbocycles. The summed E-state index contributed by atoms with van der Waals surface area (Å²) in [6.45, 7) is 5.25. The van der Waals surface area contributed by atoms with E-state index in [1.54, 1.807) is 11.0 Å². The van der Waals surface area contributed by atoms with Gasteiger partial charge in [-0.2, -0.15) is 0 Å². The van der Waals surface area contributed by atoms with Gasteiger partial charge in [0.25, 0.3) is 0 Å². The molecule has 3 rings (SSSR count). The van der Waals surface area contributed by atoms with Crippen molar-refractivity contribution in [1.29, 1.82) is 0 Å². The van der Waals surface area contributed by atoms with Crippen LogP contribution >= 0.6 is 11.8 Å². The van der Waals surface area contributed by atoms with E-state index in [4.69, 9.17) is 4.74 Å². The molecule has 2 aromatic rings. The van der Waals surface area contributed by atoms with Crippen LogP contribution in [0.25, 0.3) is 0 Å². The van der Waals surface area contributed by atoms with Crippen LogP contribution in [0.5, 0.6) is 0 Å². The SMILES string of the molecule is CCCCOC(=O)N1CCC(O)(c2cc(F)ccc2Sc2ccc(C)cc2)CC1. The number of carbonyl (C=O) groups is 1. The third-order valence-electron chi connectivity index (χ3n) is 5.26. The zero-order valence-electron chi connectivity index (χ0n) is 17.0. The summed E-state index contributed by atoms with van der Waals surface area (Å²) < 4.78 is 19.3. The van der Waals surface area contributed by atoms with E-state index in [0.717, 1.165) is 22.6 Å². The lowest BCUT2D eigenvalue weighted by molar-refractivity contribution is -0.0270. The number of nitrogens with zero attached hydrogens (tertiary/aromatic N) is 1. The van der Waals surface area contributed by atoms with Crippen molar-refractivity contribution in [3.8, 4) is 0 Å². The smallest absolute Gasteiger partial charge is 0.409 e. The highest BCUT2D eigenvalue weighted by molar-refractivity contribution is 7.99. The van der Waals surface area contributed by atoms with E-state index in [-0.39, 0.29) is 11.9 Å². The van der Waals surface area contributed by atoms with Gasteiger partial charge in [0.1, 0.15) is 5.82 Å². The Balaban J connectivity index is 1.73. The summed E-state index contributed by atoms with van der Waals surface area (Å²) in [6.07, 6.45) is 2.16. The molecule has 6 heteroatoms. The number of aryl methyl sites for hydroxylation is 1. The zero-order valence-corrected chi connectivity index (χ0v) is 17.8. The summed E-state index contributed by atoms with van der Waals surface area (Å²) >= 11 is 1.51. The second-order valence-electron chi connectivity index (χ2n) is 7.54. The predicted molar refractivity (Wildman–Crippen MR) is 113 cm³/mol. The number of carbonyl (C=O) groups excluding carboxylic acids is 1. The van der Waals surface area contributed by atoms with Crippen LogP contribution in [0.3, 0.4) is 0 Å². The fourth-order valence-electron chi connectivity index (χ4n) is 3.41. The first-order chi connectivity index (χ1) is 13.9. The number of hydrogen-bond donors (Lipinski definition) is 1. The molecule has 29 heavy (non-hydrogen) atoms. The number of aliphatic hydroxyl groups is 1. The molecule has 0 spiro atoms. The van der Waals surface area contributed by atoms with Crippen LogP contribution in [0.2, 0.25) is 0 Å². The van der Waals surface area contributed by atoms with Gasteiger partial charge in [-0.1, -0.05) is 42.8 Å². The Morgan fingerprint density at radius 1 is 1.21 bits per heavy atom. The van der Waals surface area contributed by atoms with E-state index < -0.39 is 5.60 Å². The third-order valence-corrected chi connectivity index (χ3v) is 6.35. The van der Waals surface area contributed by atoms with Crippen molar-refractivity contribution in [3.63, 3.8) is 0 Å². The van der Waals surface area contributed by atoms with Crippen molar-refractivity contribution in [3.05, 3.63) is 59.4 Å². The predicted octanol–water partition coefficient (Wildman–Crippen LogP) is 5.51. The van der Waals surface area contributed by atoms with E-state index in [2.05, 4.69) is 0 Å². The van der Waals surface area contributed by atoms with E-state index >= 15 is 0 Å². The van der Waals surface area contributed by atoms with Crippen molar-refractivity contribution >= 4 is 17.9 Å². The summed E-state index contributed by atoms with van der Waals surface area (Å²) in [6, 6.07) is 12.7. The van der Waals surface area contributed by atoms with E-state index in [1.165, 1.54) is 29.5 Å². The molecule has 1 aliphatic rings. The highest BCUT2D eigenvalue weighted by Crippen LogP contribution is 2.41. The summed E-state index contributed by atoms with van der Waals surface area (Å²) in [4.78, 5) is 15.7. The van der Waals surface area contributed by atoms with Gasteiger partial charge in [-0.05, 0) is 56.5 Å². The van der Waals surface area contributed by atoms with E-state index in [9.17, 15) is 14.3 Å². The molecule has 1 N–H and O–H groups in total. The van der Waals surface area contributed by atoms with Crippen LogP contribution in [0.15, 0.2) is 52.3 Å². The molecule has 1 saturated heterocycles. The number of rotatable bonds is 6. The maximum absolute atomic E-state index is 14.0. The van der Waals surface area contributed by atoms with Crippen LogP contribution < -0.4 is 0 Å². The number of unbranched alkanes of at least 4 members (excludes halogenated alkanes) is 1. The summed E-state index contributed by atoms with van der Waals surface area (Å²) in [5.74, 6) is -0.372. The Bertz CT molecular complexity index is 833. The average Bonchev–Trinajstić information content (AvgIpc) is 2.71. The Hall–Kier alpha value is -2.05. The number of hydrogen-bond acceptors (Lipinski definition) is 4. The Morgan fingerprint density at radius 3 is 2.55 bits per heavy atom. The minimum atomic E-state index is -1.17. The van der Waals surface area contributed by atoms with Gasteiger partial charge in [0.05, 0.1) is 12.2 Å². The van der Waals surface area contributed by atoms with E-state index in [1.807, 2.05) is 38.1 Å².